The highest BCUT2D eigenvalue weighted by Crippen LogP contribution is 2.36. The van der Waals surface area contributed by atoms with Crippen LogP contribution in [0, 0.1) is 26.7 Å². The van der Waals surface area contributed by atoms with Gasteiger partial charge in [0, 0.05) is 67.3 Å². The molecule has 0 atom stereocenters. The molecule has 3 N–H and O–H groups in total. The molecule has 8 nitrogen and oxygen atoms in total. The van der Waals surface area contributed by atoms with Crippen LogP contribution in [-0.4, -0.2) is 54.5 Å². The largest absolute Gasteiger partial charge is 0.369 e. The van der Waals surface area contributed by atoms with E-state index in [2.05, 4.69) is 50.6 Å². The van der Waals surface area contributed by atoms with E-state index < -0.39 is 0 Å². The lowest BCUT2D eigenvalue weighted by Crippen LogP contribution is -2.33. The Hall–Kier alpha value is -3.49. The summed E-state index contributed by atoms with van der Waals surface area (Å²) in [6.07, 6.45) is 3.83. The van der Waals surface area contributed by atoms with Gasteiger partial charge in [-0.3, -0.25) is 9.59 Å². The molecule has 1 aliphatic carbocycles. The molecule has 0 bridgehead atoms. The maximum atomic E-state index is 13.2. The van der Waals surface area contributed by atoms with E-state index in [1.165, 1.54) is 0 Å². The van der Waals surface area contributed by atoms with Crippen molar-refractivity contribution in [2.75, 3.05) is 43.9 Å². The number of nitrogens with one attached hydrogen (secondary N) is 3. The Balaban J connectivity index is 1.62. The van der Waals surface area contributed by atoms with Gasteiger partial charge >= 0.3 is 0 Å². The van der Waals surface area contributed by atoms with Gasteiger partial charge in [0.2, 0.25) is 5.91 Å². The summed E-state index contributed by atoms with van der Waals surface area (Å²) >= 11 is 0. The number of nitrogens with zero attached hydrogens (tertiary/aromatic N) is 3. The molecule has 3 aromatic rings. The van der Waals surface area contributed by atoms with Crippen LogP contribution in [-0.2, 0) is 17.9 Å². The number of likely N-dealkylation sites (N-methyl/N-ethyl adjacent to an activating group) is 1. The number of carbonyl (C=O) groups excluding carboxylic acids is 1. The number of H-pyrrole nitrogens is 1. The Morgan fingerprint density at radius 3 is 2.46 bits per heavy atom. The molecule has 208 valence electrons. The molecule has 1 fully saturated rings. The van der Waals surface area contributed by atoms with Gasteiger partial charge in [-0.15, -0.1) is 0 Å². The van der Waals surface area contributed by atoms with Crippen molar-refractivity contribution in [1.29, 1.82) is 0 Å². The van der Waals surface area contributed by atoms with Gasteiger partial charge in [0.15, 0.2) is 0 Å². The van der Waals surface area contributed by atoms with E-state index in [1.54, 1.807) is 0 Å². The fraction of sp³-hybridized carbons (Fsp3) is 0.452. The van der Waals surface area contributed by atoms with Crippen molar-refractivity contribution in [2.45, 2.75) is 53.6 Å². The van der Waals surface area contributed by atoms with Crippen molar-refractivity contribution in [1.82, 2.24) is 20.2 Å². The van der Waals surface area contributed by atoms with E-state index in [-0.39, 0.29) is 17.4 Å². The second-order valence-corrected chi connectivity index (χ2v) is 10.8. The predicted octanol–water partition coefficient (Wildman–Crippen LogP) is 4.39. The van der Waals surface area contributed by atoms with Gasteiger partial charge in [-0.1, -0.05) is 0 Å². The lowest BCUT2D eigenvalue weighted by molar-refractivity contribution is -0.119. The summed E-state index contributed by atoms with van der Waals surface area (Å²) in [7, 11) is 4.10. The topological polar surface area (TPSA) is 93.4 Å². The molecule has 39 heavy (non-hydrogen) atoms. The molecule has 0 spiro atoms. The lowest BCUT2D eigenvalue weighted by Gasteiger charge is -2.26. The van der Waals surface area contributed by atoms with Crippen LogP contribution in [0.4, 0.5) is 11.5 Å². The molecule has 4 rings (SSSR count). The van der Waals surface area contributed by atoms with Crippen LogP contribution in [0.25, 0.3) is 11.1 Å². The summed E-state index contributed by atoms with van der Waals surface area (Å²) in [5.74, 6) is 1.18. The number of hydrogen-bond donors (Lipinski definition) is 3. The summed E-state index contributed by atoms with van der Waals surface area (Å²) < 4.78 is 0. The van der Waals surface area contributed by atoms with Crippen LogP contribution >= 0.6 is 0 Å². The molecule has 1 saturated carbocycles. The number of hydrogen-bond acceptors (Lipinski definition) is 6. The second kappa shape index (κ2) is 12.6. The molecule has 0 saturated heterocycles. The van der Waals surface area contributed by atoms with Gasteiger partial charge in [-0.2, -0.15) is 0 Å². The summed E-state index contributed by atoms with van der Waals surface area (Å²) in [5, 5.41) is 6.84. The molecule has 0 aliphatic heterocycles. The monoisotopic (exact) mass is 530 g/mol. The van der Waals surface area contributed by atoms with Gasteiger partial charge in [-0.25, -0.2) is 4.98 Å². The van der Waals surface area contributed by atoms with E-state index in [0.29, 0.717) is 19.6 Å². The first-order valence-corrected chi connectivity index (χ1v) is 13.9. The smallest absolute Gasteiger partial charge is 0.252 e. The standard InChI is InChI=1S/C31H42N6O2/c1-7-37(31(39)23-8-9-23)28-16-25(24-10-11-29(34-18-24)33-12-13-36(5)6)15-26(22(28)4)17-32-19-27-20(2)14-21(3)35-30(27)38/h10-11,14-16,18,23,32H,7-9,12-13,17,19H2,1-6H3,(H,33,34)(H,35,38). The van der Waals surface area contributed by atoms with Crippen molar-refractivity contribution in [3.8, 4) is 11.1 Å². The van der Waals surface area contributed by atoms with Crippen LogP contribution < -0.4 is 21.1 Å². The fourth-order valence-corrected chi connectivity index (χ4v) is 4.88. The first-order valence-electron chi connectivity index (χ1n) is 13.9. The van der Waals surface area contributed by atoms with Gasteiger partial charge in [-0.05, 0) is 107 Å². The van der Waals surface area contributed by atoms with E-state index in [9.17, 15) is 9.59 Å². The number of carbonyl (C=O) groups is 1. The van der Waals surface area contributed by atoms with Gasteiger partial charge in [0.25, 0.3) is 5.56 Å². The number of aryl methyl sites for hydroxylation is 2. The molecule has 1 aromatic carbocycles. The van der Waals surface area contributed by atoms with Crippen LogP contribution in [0.5, 0.6) is 0 Å². The zero-order valence-corrected chi connectivity index (χ0v) is 24.1. The Morgan fingerprint density at radius 1 is 1.08 bits per heavy atom. The minimum absolute atomic E-state index is 0.0521. The fourth-order valence-electron chi connectivity index (χ4n) is 4.88. The average molecular weight is 531 g/mol. The molecule has 0 radical (unpaired) electrons. The molecule has 1 amide bonds. The van der Waals surface area contributed by atoms with Crippen LogP contribution in [0.1, 0.15) is 47.7 Å². The SMILES string of the molecule is CCN(C(=O)C1CC1)c1cc(-c2ccc(NCCN(C)C)nc2)cc(CNCc2c(C)cc(C)[nH]c2=O)c1C. The summed E-state index contributed by atoms with van der Waals surface area (Å²) in [4.78, 5) is 37.3. The maximum Gasteiger partial charge on any atom is 0.252 e. The number of aromatic nitrogens is 2. The third-order valence-corrected chi connectivity index (χ3v) is 7.36. The molecule has 2 aromatic heterocycles. The van der Waals surface area contributed by atoms with Crippen LogP contribution in [0.2, 0.25) is 0 Å². The van der Waals surface area contributed by atoms with Crippen LogP contribution in [0.3, 0.4) is 0 Å². The molecular weight excluding hydrogens is 488 g/mol. The van der Waals surface area contributed by atoms with E-state index in [1.807, 2.05) is 58.1 Å². The van der Waals surface area contributed by atoms with E-state index >= 15 is 0 Å². The number of rotatable bonds is 12. The number of aromatic amines is 1. The zero-order valence-electron chi connectivity index (χ0n) is 24.1. The summed E-state index contributed by atoms with van der Waals surface area (Å²) in [5.41, 5.74) is 7.67. The quantitative estimate of drug-likeness (QED) is 0.322. The summed E-state index contributed by atoms with van der Waals surface area (Å²) in [6, 6.07) is 10.4. The molecule has 2 heterocycles. The minimum Gasteiger partial charge on any atom is -0.369 e. The van der Waals surface area contributed by atoms with Gasteiger partial charge in [0.1, 0.15) is 5.82 Å². The zero-order chi connectivity index (χ0) is 28.1. The highest BCUT2D eigenvalue weighted by Gasteiger charge is 2.34. The minimum atomic E-state index is -0.0521. The lowest BCUT2D eigenvalue weighted by atomic mass is 9.97. The Kier molecular flexibility index (Phi) is 9.20. The normalized spacial score (nSPS) is 13.1. The van der Waals surface area contributed by atoms with Gasteiger partial charge in [0.05, 0.1) is 0 Å². The van der Waals surface area contributed by atoms with Crippen molar-refractivity contribution < 1.29 is 4.79 Å². The first kappa shape index (κ1) is 28.5. The molecular formula is C31H42N6O2. The molecule has 1 aliphatic rings. The predicted molar refractivity (Wildman–Crippen MR) is 159 cm³/mol. The number of amides is 1. The number of pyridine rings is 2. The third kappa shape index (κ3) is 7.13. The molecule has 8 heteroatoms. The number of benzene rings is 1. The van der Waals surface area contributed by atoms with E-state index in [0.717, 1.165) is 76.5 Å². The number of anilines is 2. The molecule has 0 unspecified atom stereocenters. The maximum absolute atomic E-state index is 13.2. The van der Waals surface area contributed by atoms with Crippen molar-refractivity contribution in [3.05, 3.63) is 74.8 Å². The average Bonchev–Trinajstić information content (AvgIpc) is 3.73. The highest BCUT2D eigenvalue weighted by atomic mass is 16.2. The van der Waals surface area contributed by atoms with Crippen molar-refractivity contribution >= 4 is 17.4 Å². The first-order chi connectivity index (χ1) is 18.7. The Bertz CT molecular complexity index is 1360. The van der Waals surface area contributed by atoms with Crippen LogP contribution in [0.15, 0.2) is 41.3 Å². The second-order valence-electron chi connectivity index (χ2n) is 10.8. The van der Waals surface area contributed by atoms with E-state index in [4.69, 9.17) is 0 Å². The van der Waals surface area contributed by atoms with Crippen molar-refractivity contribution in [3.63, 3.8) is 0 Å². The van der Waals surface area contributed by atoms with Crippen molar-refractivity contribution in [2.24, 2.45) is 5.92 Å². The third-order valence-electron chi connectivity index (χ3n) is 7.36. The Labute approximate surface area is 231 Å². The van der Waals surface area contributed by atoms with Gasteiger partial charge < -0.3 is 25.4 Å². The summed E-state index contributed by atoms with van der Waals surface area (Å²) in [6.45, 7) is 11.4. The highest BCUT2D eigenvalue weighted by molar-refractivity contribution is 5.98. The Morgan fingerprint density at radius 2 is 1.85 bits per heavy atom.